The van der Waals surface area contributed by atoms with Gasteiger partial charge in [0.25, 0.3) is 0 Å². The van der Waals surface area contributed by atoms with E-state index in [4.69, 9.17) is 17.3 Å². The molecule has 5 nitrogen and oxygen atoms in total. The van der Waals surface area contributed by atoms with Crippen LogP contribution in [0.2, 0.25) is 5.02 Å². The lowest BCUT2D eigenvalue weighted by molar-refractivity contribution is 0.601. The van der Waals surface area contributed by atoms with Crippen LogP contribution in [0.5, 0.6) is 0 Å². The van der Waals surface area contributed by atoms with Gasteiger partial charge in [0.1, 0.15) is 0 Å². The van der Waals surface area contributed by atoms with Crippen molar-refractivity contribution in [2.75, 3.05) is 6.26 Å². The molecule has 1 aromatic carbocycles. The van der Waals surface area contributed by atoms with Crippen LogP contribution in [0.15, 0.2) is 35.4 Å². The maximum Gasteiger partial charge on any atom is 0.175 e. The molecule has 19 heavy (non-hydrogen) atoms. The summed E-state index contributed by atoms with van der Waals surface area (Å²) >= 11 is 6.03. The van der Waals surface area contributed by atoms with Crippen molar-refractivity contribution in [1.29, 1.82) is 0 Å². The minimum absolute atomic E-state index is 0.263. The molecule has 7 heteroatoms. The van der Waals surface area contributed by atoms with Crippen LogP contribution in [0, 0.1) is 0 Å². The van der Waals surface area contributed by atoms with Gasteiger partial charge in [0.2, 0.25) is 0 Å². The number of hydrogen-bond acceptors (Lipinski definition) is 4. The molecule has 0 aliphatic rings. The van der Waals surface area contributed by atoms with Crippen LogP contribution < -0.4 is 5.73 Å². The van der Waals surface area contributed by atoms with Crippen LogP contribution in [0.1, 0.15) is 17.3 Å². The molecule has 0 amide bonds. The van der Waals surface area contributed by atoms with E-state index in [9.17, 15) is 8.42 Å². The minimum Gasteiger partial charge on any atom is -0.319 e. The van der Waals surface area contributed by atoms with Gasteiger partial charge in [-0.2, -0.15) is 5.10 Å². The highest BCUT2D eigenvalue weighted by Gasteiger charge is 2.17. The minimum atomic E-state index is -3.20. The predicted octanol–water partition coefficient (Wildman–Crippen LogP) is 1.53. The average Bonchev–Trinajstić information content (AvgIpc) is 2.67. The molecular weight excluding hydrogens is 286 g/mol. The lowest BCUT2D eigenvalue weighted by Gasteiger charge is -2.13. The summed E-state index contributed by atoms with van der Waals surface area (Å²) in [5.74, 6) is 0. The second-order valence-electron chi connectivity index (χ2n) is 4.32. The normalized spacial score (nSPS) is 13.5. The van der Waals surface area contributed by atoms with Gasteiger partial charge in [-0.3, -0.25) is 4.68 Å². The van der Waals surface area contributed by atoms with E-state index in [0.29, 0.717) is 10.7 Å². The Kier molecular flexibility index (Phi) is 3.66. The third-order valence-corrected chi connectivity index (χ3v) is 4.32. The zero-order valence-electron chi connectivity index (χ0n) is 10.5. The van der Waals surface area contributed by atoms with Crippen LogP contribution in [0.3, 0.4) is 0 Å². The number of nitrogens with two attached hydrogens (primary N) is 1. The molecule has 1 heterocycles. The summed E-state index contributed by atoms with van der Waals surface area (Å²) in [7, 11) is -1.44. The summed E-state index contributed by atoms with van der Waals surface area (Å²) in [6.07, 6.45) is 2.70. The molecule has 2 aromatic rings. The predicted molar refractivity (Wildman–Crippen MR) is 73.8 cm³/mol. The number of aromatic nitrogens is 2. The lowest BCUT2D eigenvalue weighted by atomic mass is 10.1. The molecule has 1 aromatic heterocycles. The Bertz CT molecular complexity index is 673. The first-order chi connectivity index (χ1) is 8.80. The van der Waals surface area contributed by atoms with E-state index < -0.39 is 15.9 Å². The zero-order chi connectivity index (χ0) is 14.2. The Hall–Kier alpha value is -1.37. The van der Waals surface area contributed by atoms with Crippen molar-refractivity contribution in [3.05, 3.63) is 46.7 Å². The number of halogens is 1. The van der Waals surface area contributed by atoms with Crippen molar-refractivity contribution < 1.29 is 8.42 Å². The highest BCUT2D eigenvalue weighted by atomic mass is 35.5. The van der Waals surface area contributed by atoms with Gasteiger partial charge < -0.3 is 5.73 Å². The molecule has 0 saturated carbocycles. The summed E-state index contributed by atoms with van der Waals surface area (Å²) in [5.41, 5.74) is 7.59. The second-order valence-corrected chi connectivity index (χ2v) is 6.74. The Morgan fingerprint density at radius 2 is 1.89 bits per heavy atom. The molecule has 0 fully saturated rings. The molecule has 0 bridgehead atoms. The topological polar surface area (TPSA) is 78.0 Å². The number of aryl methyl sites for hydroxylation is 1. The van der Waals surface area contributed by atoms with Gasteiger partial charge in [-0.15, -0.1) is 0 Å². The largest absolute Gasteiger partial charge is 0.319 e. The fourth-order valence-electron chi connectivity index (χ4n) is 1.85. The lowest BCUT2D eigenvalue weighted by Crippen LogP contribution is -2.16. The smallest absolute Gasteiger partial charge is 0.175 e. The molecule has 0 saturated heterocycles. The fraction of sp³-hybridized carbons (Fsp3) is 0.250. The van der Waals surface area contributed by atoms with E-state index in [1.165, 1.54) is 24.6 Å². The van der Waals surface area contributed by atoms with E-state index in [-0.39, 0.29) is 4.90 Å². The number of sulfone groups is 1. The van der Waals surface area contributed by atoms with Gasteiger partial charge in [-0.05, 0) is 17.7 Å². The summed E-state index contributed by atoms with van der Waals surface area (Å²) < 4.78 is 24.4. The third kappa shape index (κ3) is 2.80. The van der Waals surface area contributed by atoms with Crippen LogP contribution in [0.4, 0.5) is 0 Å². The highest BCUT2D eigenvalue weighted by molar-refractivity contribution is 7.90. The van der Waals surface area contributed by atoms with Crippen LogP contribution in [-0.4, -0.2) is 24.5 Å². The molecule has 1 atom stereocenters. The van der Waals surface area contributed by atoms with Crippen LogP contribution >= 0.6 is 11.6 Å². The maximum absolute atomic E-state index is 11.4. The fourth-order valence-corrected chi connectivity index (χ4v) is 2.76. The summed E-state index contributed by atoms with van der Waals surface area (Å²) in [5, 5.41) is 4.52. The summed E-state index contributed by atoms with van der Waals surface area (Å²) in [4.78, 5) is 0.263. The van der Waals surface area contributed by atoms with Crippen molar-refractivity contribution in [1.82, 2.24) is 9.78 Å². The van der Waals surface area contributed by atoms with E-state index >= 15 is 0 Å². The van der Waals surface area contributed by atoms with Crippen molar-refractivity contribution in [2.45, 2.75) is 10.9 Å². The van der Waals surface area contributed by atoms with Gasteiger partial charge in [0.05, 0.1) is 27.9 Å². The second kappa shape index (κ2) is 4.96. The quantitative estimate of drug-likeness (QED) is 0.932. The van der Waals surface area contributed by atoms with Crippen LogP contribution in [0.25, 0.3) is 0 Å². The van der Waals surface area contributed by atoms with Gasteiger partial charge in [-0.25, -0.2) is 8.42 Å². The molecule has 102 valence electrons. The first-order valence-corrected chi connectivity index (χ1v) is 7.80. The first-order valence-electron chi connectivity index (χ1n) is 5.53. The van der Waals surface area contributed by atoms with Crippen molar-refractivity contribution in [3.8, 4) is 0 Å². The van der Waals surface area contributed by atoms with Crippen molar-refractivity contribution >= 4 is 21.4 Å². The Labute approximate surface area is 116 Å². The third-order valence-electron chi connectivity index (χ3n) is 2.90. The molecule has 0 spiro atoms. The molecule has 0 aliphatic carbocycles. The average molecular weight is 300 g/mol. The van der Waals surface area contributed by atoms with Gasteiger partial charge >= 0.3 is 0 Å². The number of hydrogen-bond donors (Lipinski definition) is 1. The molecule has 2 N–H and O–H groups in total. The van der Waals surface area contributed by atoms with Gasteiger partial charge in [-0.1, -0.05) is 23.7 Å². The molecule has 2 rings (SSSR count). The SMILES string of the molecule is Cn1ncc(Cl)c1C(N)c1ccc(S(C)(=O)=O)cc1. The Morgan fingerprint density at radius 1 is 1.32 bits per heavy atom. The van der Waals surface area contributed by atoms with Gasteiger partial charge in [0.15, 0.2) is 9.84 Å². The van der Waals surface area contributed by atoms with E-state index in [1.807, 2.05) is 0 Å². The maximum atomic E-state index is 11.4. The Balaban J connectivity index is 2.38. The van der Waals surface area contributed by atoms with E-state index in [0.717, 1.165) is 5.56 Å². The molecule has 1 unspecified atom stereocenters. The molecule has 0 radical (unpaired) electrons. The number of nitrogens with zero attached hydrogens (tertiary/aromatic N) is 2. The number of rotatable bonds is 3. The van der Waals surface area contributed by atoms with Crippen LogP contribution in [-0.2, 0) is 16.9 Å². The standard InChI is InChI=1S/C12H14ClN3O2S/c1-16-12(10(13)7-15-16)11(14)8-3-5-9(6-4-8)19(2,17)18/h3-7,11H,14H2,1-2H3. The Morgan fingerprint density at radius 3 is 2.32 bits per heavy atom. The van der Waals surface area contributed by atoms with Crippen molar-refractivity contribution in [2.24, 2.45) is 12.8 Å². The highest BCUT2D eigenvalue weighted by Crippen LogP contribution is 2.26. The van der Waals surface area contributed by atoms with Gasteiger partial charge in [0, 0.05) is 13.3 Å². The zero-order valence-corrected chi connectivity index (χ0v) is 12.1. The summed E-state index contributed by atoms with van der Waals surface area (Å²) in [6, 6.07) is 5.99. The summed E-state index contributed by atoms with van der Waals surface area (Å²) in [6.45, 7) is 0. The van der Waals surface area contributed by atoms with Crippen molar-refractivity contribution in [3.63, 3.8) is 0 Å². The monoisotopic (exact) mass is 299 g/mol. The van der Waals surface area contributed by atoms with E-state index in [1.54, 1.807) is 23.9 Å². The first kappa shape index (κ1) is 14.0. The van der Waals surface area contributed by atoms with E-state index in [2.05, 4.69) is 5.10 Å². The molecular formula is C12H14ClN3O2S. The molecule has 0 aliphatic heterocycles. The number of benzene rings is 1.